The Bertz CT molecular complexity index is 2060. The molecule has 0 saturated heterocycles. The molecule has 0 bridgehead atoms. The van der Waals surface area contributed by atoms with Crippen molar-refractivity contribution in [3.63, 3.8) is 0 Å². The van der Waals surface area contributed by atoms with Gasteiger partial charge in [-0.3, -0.25) is 14.3 Å². The minimum atomic E-state index is -0.118. The summed E-state index contributed by atoms with van der Waals surface area (Å²) in [6, 6.07) is 13.5. The van der Waals surface area contributed by atoms with Crippen LogP contribution < -0.4 is 20.9 Å². The van der Waals surface area contributed by atoms with Crippen LogP contribution in [0.15, 0.2) is 48.7 Å². The maximum Gasteiger partial charge on any atom is 0.207 e. The largest absolute Gasteiger partial charge is 0.494 e. The van der Waals surface area contributed by atoms with Crippen molar-refractivity contribution in [2.45, 2.75) is 53.5 Å². The first-order valence-corrected chi connectivity index (χ1v) is 17.8. The summed E-state index contributed by atoms with van der Waals surface area (Å²) >= 11 is 13.5. The van der Waals surface area contributed by atoms with E-state index in [9.17, 15) is 9.59 Å². The van der Waals surface area contributed by atoms with Crippen molar-refractivity contribution in [2.75, 3.05) is 25.5 Å². The summed E-state index contributed by atoms with van der Waals surface area (Å²) in [7, 11) is 5.36. The van der Waals surface area contributed by atoms with E-state index in [-0.39, 0.29) is 6.04 Å². The molecule has 5 aromatic rings. The zero-order valence-corrected chi connectivity index (χ0v) is 32.5. The first-order valence-electron chi connectivity index (χ1n) is 17.1. The van der Waals surface area contributed by atoms with Crippen molar-refractivity contribution in [3.8, 4) is 16.9 Å². The molecule has 0 spiro atoms. The predicted octanol–water partition coefficient (Wildman–Crippen LogP) is 8.47. The number of carbonyl (C=O) groups is 2. The third-order valence-corrected chi connectivity index (χ3v) is 9.85. The Morgan fingerprint density at radius 2 is 1.71 bits per heavy atom. The highest BCUT2D eigenvalue weighted by atomic mass is 35.5. The second-order valence-corrected chi connectivity index (χ2v) is 13.7. The van der Waals surface area contributed by atoms with E-state index in [2.05, 4.69) is 33.5 Å². The molecule has 52 heavy (non-hydrogen) atoms. The summed E-state index contributed by atoms with van der Waals surface area (Å²) in [5.74, 6) is 0.788. The molecule has 0 aliphatic heterocycles. The molecule has 4 N–H and O–H groups in total. The van der Waals surface area contributed by atoms with E-state index in [4.69, 9.17) is 38.2 Å². The maximum absolute atomic E-state index is 11.7. The molecule has 0 aliphatic carbocycles. The van der Waals surface area contributed by atoms with Gasteiger partial charge >= 0.3 is 0 Å². The number of fused-ring (bicyclic) bond motifs is 1. The lowest BCUT2D eigenvalue weighted by molar-refractivity contribution is -0.109. The number of ether oxygens (including phenoxy) is 1. The number of benzene rings is 3. The molecule has 5 rings (SSSR count). The van der Waals surface area contributed by atoms with E-state index < -0.39 is 0 Å². The Morgan fingerprint density at radius 1 is 1.02 bits per heavy atom. The molecule has 0 fully saturated rings. The number of hydroxylamine groups is 1. The number of halogens is 2. The molecular formula is C40H48Cl2N6O4. The Kier molecular flexibility index (Phi) is 14.1. The Morgan fingerprint density at radius 3 is 2.33 bits per heavy atom. The zero-order chi connectivity index (χ0) is 38.1. The standard InChI is InChI=1S/C39H43Cl2N5O3.CH5NO/c1-23-15-31(16-24(2)38(23)41)49-14-8-9-29(18-30-20-45(6)35-13-10-28(21-47)17-33(30)35)32-11-12-34(40)37(36-26(4)44-46(7)27(36)5)39(32)43-25(3)19-42-22-48;1-2-3/h10-13,15-18,20-22,25,43H,8-9,14,19H2,1-7H3,(H,42,48);2-3H,1H3/b29-18+;/t25-;/m1./s1. The summed E-state index contributed by atoms with van der Waals surface area (Å²) in [4.78, 5) is 23.0. The van der Waals surface area contributed by atoms with Gasteiger partial charge in [0.15, 0.2) is 0 Å². The number of aryl methyl sites for hydroxylation is 5. The molecule has 1 amide bonds. The maximum atomic E-state index is 11.7. The van der Waals surface area contributed by atoms with E-state index in [1.165, 1.54) is 7.05 Å². The van der Waals surface area contributed by atoms with Crippen molar-refractivity contribution in [1.82, 2.24) is 25.1 Å². The highest BCUT2D eigenvalue weighted by Crippen LogP contribution is 2.44. The molecule has 0 saturated carbocycles. The average Bonchev–Trinajstić information content (AvgIpc) is 3.56. The number of nitrogens with one attached hydrogen (secondary N) is 3. The van der Waals surface area contributed by atoms with Gasteiger partial charge in [0.05, 0.1) is 23.0 Å². The van der Waals surface area contributed by atoms with Gasteiger partial charge in [0.25, 0.3) is 0 Å². The number of allylic oxidation sites excluding steroid dienone is 1. The van der Waals surface area contributed by atoms with Crippen LogP contribution in [0.3, 0.4) is 0 Å². The van der Waals surface area contributed by atoms with Gasteiger partial charge in [-0.2, -0.15) is 5.10 Å². The number of carbonyl (C=O) groups excluding carboxylic acids is 2. The average molecular weight is 748 g/mol. The van der Waals surface area contributed by atoms with Crippen LogP contribution in [0.5, 0.6) is 5.75 Å². The Balaban J connectivity index is 0.00000195. The van der Waals surface area contributed by atoms with Crippen LogP contribution in [0.25, 0.3) is 33.7 Å². The molecule has 10 nitrogen and oxygen atoms in total. The Labute approximate surface area is 315 Å². The molecule has 2 heterocycles. The smallest absolute Gasteiger partial charge is 0.207 e. The van der Waals surface area contributed by atoms with Crippen LogP contribution in [-0.4, -0.2) is 58.5 Å². The van der Waals surface area contributed by atoms with Gasteiger partial charge in [-0.05, 0) is 107 Å². The van der Waals surface area contributed by atoms with E-state index in [1.54, 1.807) is 5.48 Å². The minimum absolute atomic E-state index is 0.118. The molecule has 3 aromatic carbocycles. The minimum Gasteiger partial charge on any atom is -0.494 e. The third kappa shape index (κ3) is 9.24. The molecule has 12 heteroatoms. The fraction of sp³-hybridized carbons (Fsp3) is 0.325. The van der Waals surface area contributed by atoms with Crippen LogP contribution >= 0.6 is 23.2 Å². The lowest BCUT2D eigenvalue weighted by atomic mass is 9.91. The number of rotatable bonds is 14. The van der Waals surface area contributed by atoms with Crippen LogP contribution in [0.2, 0.25) is 10.0 Å². The summed E-state index contributed by atoms with van der Waals surface area (Å²) < 4.78 is 10.2. The summed E-state index contributed by atoms with van der Waals surface area (Å²) in [6.45, 7) is 10.9. The van der Waals surface area contributed by atoms with Gasteiger partial charge in [0.2, 0.25) is 6.41 Å². The van der Waals surface area contributed by atoms with Gasteiger partial charge < -0.3 is 25.1 Å². The highest BCUT2D eigenvalue weighted by molar-refractivity contribution is 6.34. The fourth-order valence-electron chi connectivity index (χ4n) is 6.44. The number of anilines is 1. The van der Waals surface area contributed by atoms with E-state index in [1.807, 2.05) is 89.8 Å². The topological polar surface area (TPSA) is 122 Å². The molecule has 1 atom stereocenters. The monoisotopic (exact) mass is 746 g/mol. The van der Waals surface area contributed by atoms with Crippen molar-refractivity contribution in [2.24, 2.45) is 14.1 Å². The van der Waals surface area contributed by atoms with E-state index in [0.29, 0.717) is 36.6 Å². The van der Waals surface area contributed by atoms with Crippen LogP contribution in [0.1, 0.15) is 63.8 Å². The van der Waals surface area contributed by atoms with Crippen LogP contribution in [0, 0.1) is 27.7 Å². The second-order valence-electron chi connectivity index (χ2n) is 12.9. The molecule has 0 unspecified atom stereocenters. The quantitative estimate of drug-likeness (QED) is 0.0511. The number of hydrogen-bond acceptors (Lipinski definition) is 7. The Hall–Kier alpha value is -4.61. The number of aldehydes is 1. The third-order valence-electron chi connectivity index (χ3n) is 8.94. The SMILES string of the molecule is CNO.Cc1cc(OCCC/C(=C\c2cn(C)c3ccc(C=O)cc23)c2ccc(Cl)c(-c3c(C)nn(C)c3C)c2N[C@H](C)CNC=O)cc(C)c1Cl. The lowest BCUT2D eigenvalue weighted by Gasteiger charge is -2.24. The van der Waals surface area contributed by atoms with Crippen LogP contribution in [0.4, 0.5) is 5.69 Å². The van der Waals surface area contributed by atoms with Crippen molar-refractivity contribution in [3.05, 3.63) is 97.9 Å². The van der Waals surface area contributed by atoms with Crippen molar-refractivity contribution in [1.29, 1.82) is 0 Å². The lowest BCUT2D eigenvalue weighted by Crippen LogP contribution is -2.30. The molecule has 276 valence electrons. The van der Waals surface area contributed by atoms with Gasteiger partial charge in [0, 0.05) is 89.4 Å². The predicted molar refractivity (Wildman–Crippen MR) is 213 cm³/mol. The highest BCUT2D eigenvalue weighted by Gasteiger charge is 2.24. The second kappa shape index (κ2) is 18.2. The molecule has 0 aliphatic rings. The molecule has 0 radical (unpaired) electrons. The van der Waals surface area contributed by atoms with E-state index in [0.717, 1.165) is 90.4 Å². The first-order chi connectivity index (χ1) is 24.8. The zero-order valence-electron chi connectivity index (χ0n) is 31.0. The van der Waals surface area contributed by atoms with Crippen molar-refractivity contribution >= 4 is 64.1 Å². The molecule has 2 aromatic heterocycles. The van der Waals surface area contributed by atoms with Gasteiger partial charge in [-0.25, -0.2) is 5.48 Å². The number of amides is 1. The number of hydrogen-bond donors (Lipinski definition) is 4. The normalized spacial score (nSPS) is 11.9. The van der Waals surface area contributed by atoms with Crippen LogP contribution in [-0.2, 0) is 18.9 Å². The number of nitrogens with zero attached hydrogens (tertiary/aromatic N) is 3. The van der Waals surface area contributed by atoms with Gasteiger partial charge in [-0.15, -0.1) is 0 Å². The first kappa shape index (κ1) is 40.2. The van der Waals surface area contributed by atoms with Crippen molar-refractivity contribution < 1.29 is 19.5 Å². The van der Waals surface area contributed by atoms with Gasteiger partial charge in [0.1, 0.15) is 12.0 Å². The number of aromatic nitrogens is 3. The molecular weight excluding hydrogens is 699 g/mol. The fourth-order valence-corrected chi connectivity index (χ4v) is 6.80. The summed E-state index contributed by atoms with van der Waals surface area (Å²) in [5.41, 5.74) is 12.9. The van der Waals surface area contributed by atoms with Gasteiger partial charge in [-0.1, -0.05) is 29.3 Å². The van der Waals surface area contributed by atoms with E-state index >= 15 is 0 Å². The summed E-state index contributed by atoms with van der Waals surface area (Å²) in [5, 5.41) is 20.8. The summed E-state index contributed by atoms with van der Waals surface area (Å²) in [6.07, 6.45) is 7.27.